The van der Waals surface area contributed by atoms with Gasteiger partial charge >= 0.3 is 0 Å². The first-order chi connectivity index (χ1) is 15.1. The van der Waals surface area contributed by atoms with Crippen molar-refractivity contribution in [3.05, 3.63) is 83.0 Å². The standard InChI is InChI=1S/C27H28O4Si/c1-26(32(2,3)17-8-5-4-6-9-17)14-13-20-22-19(12-15-27(20,31)16-26)25(30)23-18(24(22)29)10-7-11-21(23)28/h4-12,15,20,28,31H,13-14,16H2,1-3H3/t20-,26-,27+/m1/s1. The molecule has 2 N–H and O–H groups in total. The molecule has 0 amide bonds. The van der Waals surface area contributed by atoms with Crippen molar-refractivity contribution in [1.82, 2.24) is 0 Å². The van der Waals surface area contributed by atoms with Crippen molar-refractivity contribution in [1.29, 1.82) is 0 Å². The summed E-state index contributed by atoms with van der Waals surface area (Å²) < 4.78 is 0. The molecule has 164 valence electrons. The zero-order valence-electron chi connectivity index (χ0n) is 18.7. The summed E-state index contributed by atoms with van der Waals surface area (Å²) in [5.41, 5.74) is -0.126. The molecule has 32 heavy (non-hydrogen) atoms. The third kappa shape index (κ3) is 2.77. The predicted molar refractivity (Wildman–Crippen MR) is 127 cm³/mol. The molecule has 3 aliphatic rings. The predicted octanol–water partition coefficient (Wildman–Crippen LogP) is 4.54. The van der Waals surface area contributed by atoms with E-state index in [-0.39, 0.29) is 33.5 Å². The maximum atomic E-state index is 13.5. The number of aliphatic hydroxyl groups is 1. The van der Waals surface area contributed by atoms with Crippen LogP contribution in [0.2, 0.25) is 18.1 Å². The molecule has 0 aromatic heterocycles. The number of carbonyl (C=O) groups excluding carboxylic acids is 2. The minimum absolute atomic E-state index is 0.0695. The number of benzene rings is 2. The van der Waals surface area contributed by atoms with Crippen molar-refractivity contribution in [2.75, 3.05) is 0 Å². The first-order valence-electron chi connectivity index (χ1n) is 11.2. The van der Waals surface area contributed by atoms with E-state index in [0.717, 1.165) is 6.42 Å². The molecular formula is C27H28O4Si. The zero-order chi connectivity index (χ0) is 22.9. The number of hydrogen-bond donors (Lipinski definition) is 2. The summed E-state index contributed by atoms with van der Waals surface area (Å²) in [4.78, 5) is 26.6. The van der Waals surface area contributed by atoms with E-state index in [4.69, 9.17) is 0 Å². The number of fused-ring (bicyclic) bond motifs is 3. The Kier molecular flexibility index (Phi) is 4.53. The van der Waals surface area contributed by atoms with E-state index in [1.807, 2.05) is 6.07 Å². The molecule has 1 fully saturated rings. The van der Waals surface area contributed by atoms with Gasteiger partial charge in [-0.2, -0.15) is 0 Å². The lowest BCUT2D eigenvalue weighted by Gasteiger charge is -2.54. The first kappa shape index (κ1) is 21.1. The minimum atomic E-state index is -1.96. The van der Waals surface area contributed by atoms with E-state index < -0.39 is 19.6 Å². The molecule has 0 unspecified atom stereocenters. The highest BCUT2D eigenvalue weighted by molar-refractivity contribution is 6.92. The zero-order valence-corrected chi connectivity index (χ0v) is 19.7. The highest BCUT2D eigenvalue weighted by atomic mass is 28.3. The van der Waals surface area contributed by atoms with Crippen LogP contribution in [-0.2, 0) is 0 Å². The largest absolute Gasteiger partial charge is 0.507 e. The van der Waals surface area contributed by atoms with Gasteiger partial charge in [0.05, 0.1) is 19.2 Å². The summed E-state index contributed by atoms with van der Waals surface area (Å²) >= 11 is 0. The number of phenols is 1. The van der Waals surface area contributed by atoms with Crippen LogP contribution in [-0.4, -0.2) is 35.5 Å². The van der Waals surface area contributed by atoms with Crippen LogP contribution >= 0.6 is 0 Å². The molecule has 3 aliphatic carbocycles. The fourth-order valence-electron chi connectivity index (χ4n) is 6.09. The normalized spacial score (nSPS) is 29.4. The van der Waals surface area contributed by atoms with Crippen LogP contribution in [0.3, 0.4) is 0 Å². The molecule has 4 nitrogen and oxygen atoms in total. The Morgan fingerprint density at radius 2 is 1.72 bits per heavy atom. The summed E-state index contributed by atoms with van der Waals surface area (Å²) in [7, 11) is -1.96. The van der Waals surface area contributed by atoms with Gasteiger partial charge in [0, 0.05) is 22.6 Å². The van der Waals surface area contributed by atoms with Crippen molar-refractivity contribution in [2.24, 2.45) is 5.92 Å². The van der Waals surface area contributed by atoms with Crippen molar-refractivity contribution in [3.8, 4) is 5.75 Å². The number of aromatic hydroxyl groups is 1. The lowest BCUT2D eigenvalue weighted by molar-refractivity contribution is -0.00689. The van der Waals surface area contributed by atoms with Crippen LogP contribution in [0.4, 0.5) is 0 Å². The molecular weight excluding hydrogens is 416 g/mol. The van der Waals surface area contributed by atoms with Crippen molar-refractivity contribution >= 4 is 24.8 Å². The molecule has 0 saturated heterocycles. The number of carbonyl (C=O) groups is 2. The first-order valence-corrected chi connectivity index (χ1v) is 14.2. The molecule has 2 aromatic carbocycles. The number of hydrogen-bond acceptors (Lipinski definition) is 4. The number of phenolic OH excluding ortho intramolecular Hbond substituents is 1. The Hall–Kier alpha value is -2.76. The Balaban J connectivity index is 1.55. The Morgan fingerprint density at radius 1 is 1.00 bits per heavy atom. The van der Waals surface area contributed by atoms with Gasteiger partial charge in [-0.05, 0) is 30.4 Å². The van der Waals surface area contributed by atoms with Gasteiger partial charge in [-0.15, -0.1) is 0 Å². The van der Waals surface area contributed by atoms with Crippen LogP contribution in [0.5, 0.6) is 5.75 Å². The lowest BCUT2D eigenvalue weighted by atomic mass is 9.61. The second kappa shape index (κ2) is 6.87. The van der Waals surface area contributed by atoms with Gasteiger partial charge in [0.15, 0.2) is 11.6 Å². The number of rotatable bonds is 2. The SMILES string of the molecule is C[C@@]1([Si](C)(C)c2ccccc2)CC[C@@H]2C3=C(C=C[C@]2(O)C1)C(=O)c1c(O)cccc1C3=O. The summed E-state index contributed by atoms with van der Waals surface area (Å²) in [6.07, 6.45) is 5.43. The molecule has 0 radical (unpaired) electrons. The van der Waals surface area contributed by atoms with Gasteiger partial charge in [0.2, 0.25) is 0 Å². The van der Waals surface area contributed by atoms with Gasteiger partial charge in [-0.3, -0.25) is 9.59 Å². The smallest absolute Gasteiger partial charge is 0.197 e. The van der Waals surface area contributed by atoms with Crippen molar-refractivity contribution < 1.29 is 19.8 Å². The average Bonchev–Trinajstić information content (AvgIpc) is 2.76. The number of ketones is 2. The van der Waals surface area contributed by atoms with Crippen LogP contribution in [0.1, 0.15) is 46.9 Å². The summed E-state index contributed by atoms with van der Waals surface area (Å²) in [5, 5.41) is 23.4. The fraction of sp³-hybridized carbons (Fsp3) is 0.333. The lowest BCUT2D eigenvalue weighted by Crippen LogP contribution is -2.58. The van der Waals surface area contributed by atoms with Gasteiger partial charge in [0.25, 0.3) is 0 Å². The molecule has 5 heteroatoms. The van der Waals surface area contributed by atoms with Crippen molar-refractivity contribution in [3.63, 3.8) is 0 Å². The van der Waals surface area contributed by atoms with Crippen LogP contribution in [0.15, 0.2) is 71.8 Å². The van der Waals surface area contributed by atoms with Gasteiger partial charge in [-0.25, -0.2) is 0 Å². The van der Waals surface area contributed by atoms with E-state index in [1.165, 1.54) is 11.3 Å². The second-order valence-electron chi connectivity index (χ2n) is 10.3. The third-order valence-electron chi connectivity index (χ3n) is 8.45. The molecule has 2 aromatic rings. The quantitative estimate of drug-likeness (QED) is 0.667. The van der Waals surface area contributed by atoms with Crippen LogP contribution < -0.4 is 5.19 Å². The Labute approximate surface area is 189 Å². The van der Waals surface area contributed by atoms with Crippen LogP contribution in [0.25, 0.3) is 0 Å². The third-order valence-corrected chi connectivity index (χ3v) is 13.7. The van der Waals surface area contributed by atoms with E-state index in [1.54, 1.807) is 24.3 Å². The average molecular weight is 445 g/mol. The second-order valence-corrected chi connectivity index (χ2v) is 15.4. The number of Topliss-reactive ketones (excluding diaryl/α,β-unsaturated/α-hetero) is 2. The summed E-state index contributed by atoms with van der Waals surface area (Å²) in [6.45, 7) is 6.99. The topological polar surface area (TPSA) is 74.6 Å². The molecule has 5 rings (SSSR count). The molecule has 3 atom stereocenters. The molecule has 0 heterocycles. The maximum absolute atomic E-state index is 13.5. The Morgan fingerprint density at radius 3 is 2.44 bits per heavy atom. The highest BCUT2D eigenvalue weighted by Crippen LogP contribution is 2.58. The van der Waals surface area contributed by atoms with E-state index >= 15 is 0 Å². The molecule has 0 spiro atoms. The van der Waals surface area contributed by atoms with Gasteiger partial charge in [0.1, 0.15) is 5.75 Å². The van der Waals surface area contributed by atoms with E-state index in [0.29, 0.717) is 24.0 Å². The van der Waals surface area contributed by atoms with Gasteiger partial charge in [-0.1, -0.05) is 79.8 Å². The van der Waals surface area contributed by atoms with Gasteiger partial charge < -0.3 is 10.2 Å². The Bertz CT molecular complexity index is 1210. The molecule has 0 bridgehead atoms. The van der Waals surface area contributed by atoms with E-state index in [2.05, 4.69) is 44.3 Å². The molecule has 0 aliphatic heterocycles. The van der Waals surface area contributed by atoms with E-state index in [9.17, 15) is 19.8 Å². The van der Waals surface area contributed by atoms with Crippen LogP contribution in [0, 0.1) is 5.92 Å². The molecule has 1 saturated carbocycles. The monoisotopic (exact) mass is 444 g/mol. The number of allylic oxidation sites excluding steroid dienone is 2. The highest BCUT2D eigenvalue weighted by Gasteiger charge is 2.57. The summed E-state index contributed by atoms with van der Waals surface area (Å²) in [5.74, 6) is -1.17. The fourth-order valence-corrected chi connectivity index (χ4v) is 9.30. The minimum Gasteiger partial charge on any atom is -0.507 e. The maximum Gasteiger partial charge on any atom is 0.197 e. The summed E-state index contributed by atoms with van der Waals surface area (Å²) in [6, 6.07) is 15.2. The van der Waals surface area contributed by atoms with Crippen molar-refractivity contribution in [2.45, 2.75) is 49.9 Å².